The Hall–Kier alpha value is -1.34. The third-order valence-corrected chi connectivity index (χ3v) is 3.73. The molecule has 0 radical (unpaired) electrons. The van der Waals surface area contributed by atoms with Gasteiger partial charge in [-0.1, -0.05) is 11.6 Å². The highest BCUT2D eigenvalue weighted by molar-refractivity contribution is 7.99. The van der Waals surface area contributed by atoms with E-state index in [1.165, 1.54) is 16.4 Å². The van der Waals surface area contributed by atoms with Crippen LogP contribution in [-0.2, 0) is 0 Å². The van der Waals surface area contributed by atoms with Gasteiger partial charge in [-0.05, 0) is 31.5 Å². The average Bonchev–Trinajstić information content (AvgIpc) is 3.12. The molecule has 0 atom stereocenters. The molecule has 2 heterocycles. The second-order valence-corrected chi connectivity index (χ2v) is 5.54. The SMILES string of the molecule is Cc1nnc(Sc2cc(Cl)nc(C3CC3)n2)n1N. The van der Waals surface area contributed by atoms with Crippen molar-refractivity contribution < 1.29 is 0 Å². The number of halogens is 1. The lowest BCUT2D eigenvalue weighted by Crippen LogP contribution is -2.11. The Balaban J connectivity index is 1.90. The van der Waals surface area contributed by atoms with Crippen molar-refractivity contribution in [1.82, 2.24) is 24.8 Å². The number of hydrogen-bond donors (Lipinski definition) is 1. The smallest absolute Gasteiger partial charge is 0.216 e. The third-order valence-electron chi connectivity index (χ3n) is 2.66. The van der Waals surface area contributed by atoms with E-state index in [0.29, 0.717) is 22.1 Å². The Morgan fingerprint density at radius 1 is 1.39 bits per heavy atom. The normalized spacial score (nSPS) is 15.0. The first-order chi connectivity index (χ1) is 8.63. The van der Waals surface area contributed by atoms with Gasteiger partial charge in [0.15, 0.2) is 0 Å². The van der Waals surface area contributed by atoms with Gasteiger partial charge in [-0.3, -0.25) is 0 Å². The van der Waals surface area contributed by atoms with E-state index in [1.807, 2.05) is 0 Å². The summed E-state index contributed by atoms with van der Waals surface area (Å²) < 4.78 is 1.43. The number of aryl methyl sites for hydroxylation is 1. The molecule has 6 nitrogen and oxygen atoms in total. The van der Waals surface area contributed by atoms with Crippen LogP contribution >= 0.6 is 23.4 Å². The Labute approximate surface area is 113 Å². The van der Waals surface area contributed by atoms with Crippen molar-refractivity contribution >= 4 is 23.4 Å². The van der Waals surface area contributed by atoms with Crippen molar-refractivity contribution in [3.63, 3.8) is 0 Å². The van der Waals surface area contributed by atoms with Gasteiger partial charge in [0, 0.05) is 12.0 Å². The number of rotatable bonds is 3. The van der Waals surface area contributed by atoms with Gasteiger partial charge < -0.3 is 5.84 Å². The van der Waals surface area contributed by atoms with Crippen LogP contribution in [0.3, 0.4) is 0 Å². The number of nitrogens with zero attached hydrogens (tertiary/aromatic N) is 5. The summed E-state index contributed by atoms with van der Waals surface area (Å²) in [6.07, 6.45) is 2.27. The number of aromatic nitrogens is 5. The van der Waals surface area contributed by atoms with E-state index in [2.05, 4.69) is 20.2 Å². The highest BCUT2D eigenvalue weighted by Crippen LogP contribution is 2.39. The van der Waals surface area contributed by atoms with E-state index in [4.69, 9.17) is 17.4 Å². The molecule has 1 aliphatic carbocycles. The summed E-state index contributed by atoms with van der Waals surface area (Å²) in [6.45, 7) is 1.79. The van der Waals surface area contributed by atoms with E-state index in [1.54, 1.807) is 13.0 Å². The van der Waals surface area contributed by atoms with Crippen LogP contribution in [0.25, 0.3) is 0 Å². The topological polar surface area (TPSA) is 82.5 Å². The summed E-state index contributed by atoms with van der Waals surface area (Å²) in [5.74, 6) is 7.71. The molecular formula is C10H11ClN6S. The summed E-state index contributed by atoms with van der Waals surface area (Å²) in [5, 5.41) is 9.66. The number of hydrogen-bond acceptors (Lipinski definition) is 6. The monoisotopic (exact) mass is 282 g/mol. The van der Waals surface area contributed by atoms with Crippen LogP contribution in [0.4, 0.5) is 0 Å². The van der Waals surface area contributed by atoms with E-state index in [9.17, 15) is 0 Å². The molecule has 2 aromatic rings. The fourth-order valence-electron chi connectivity index (χ4n) is 1.50. The molecule has 0 aromatic carbocycles. The van der Waals surface area contributed by atoms with Crippen molar-refractivity contribution in [3.05, 3.63) is 22.9 Å². The van der Waals surface area contributed by atoms with Gasteiger partial charge in [-0.25, -0.2) is 14.6 Å². The first-order valence-electron chi connectivity index (χ1n) is 5.53. The minimum absolute atomic E-state index is 0.453. The Bertz CT molecular complexity index is 594. The fraction of sp³-hybridized carbons (Fsp3) is 0.400. The summed E-state index contributed by atoms with van der Waals surface area (Å²) in [5.41, 5.74) is 0. The van der Waals surface area contributed by atoms with Gasteiger partial charge >= 0.3 is 0 Å². The van der Waals surface area contributed by atoms with Crippen molar-refractivity contribution in [2.24, 2.45) is 0 Å². The second-order valence-electron chi connectivity index (χ2n) is 4.16. The quantitative estimate of drug-likeness (QED) is 0.682. The van der Waals surface area contributed by atoms with Gasteiger partial charge in [0.05, 0.1) is 0 Å². The Kier molecular flexibility index (Phi) is 2.87. The third kappa shape index (κ3) is 2.28. The Morgan fingerprint density at radius 2 is 2.17 bits per heavy atom. The molecule has 18 heavy (non-hydrogen) atoms. The maximum absolute atomic E-state index is 5.99. The highest BCUT2D eigenvalue weighted by atomic mass is 35.5. The van der Waals surface area contributed by atoms with Gasteiger partial charge in [-0.15, -0.1) is 10.2 Å². The zero-order valence-corrected chi connectivity index (χ0v) is 11.2. The van der Waals surface area contributed by atoms with Crippen LogP contribution < -0.4 is 5.84 Å². The number of nitrogens with two attached hydrogens (primary N) is 1. The second kappa shape index (κ2) is 4.40. The largest absolute Gasteiger partial charge is 0.336 e. The fourth-order valence-corrected chi connectivity index (χ4v) is 2.57. The minimum Gasteiger partial charge on any atom is -0.336 e. The van der Waals surface area contributed by atoms with Crippen LogP contribution in [0, 0.1) is 6.92 Å². The van der Waals surface area contributed by atoms with Crippen molar-refractivity contribution in [2.45, 2.75) is 35.9 Å². The molecule has 0 aliphatic heterocycles. The van der Waals surface area contributed by atoms with Gasteiger partial charge in [0.2, 0.25) is 5.16 Å². The predicted octanol–water partition coefficient (Wildman–Crippen LogP) is 1.77. The zero-order valence-electron chi connectivity index (χ0n) is 9.67. The lowest BCUT2D eigenvalue weighted by molar-refractivity contribution is 0.818. The Morgan fingerprint density at radius 3 is 2.78 bits per heavy atom. The summed E-state index contributed by atoms with van der Waals surface area (Å²) in [7, 11) is 0. The van der Waals surface area contributed by atoms with E-state index in [0.717, 1.165) is 23.7 Å². The van der Waals surface area contributed by atoms with Crippen LogP contribution in [0.1, 0.15) is 30.4 Å². The maximum atomic E-state index is 5.99. The predicted molar refractivity (Wildman–Crippen MR) is 68.0 cm³/mol. The zero-order chi connectivity index (χ0) is 12.7. The standard InChI is InChI=1S/C10H11ClN6S/c1-5-15-16-10(17(5)12)18-8-4-7(11)13-9(14-8)6-2-3-6/h4,6H,2-3,12H2,1H3. The van der Waals surface area contributed by atoms with Gasteiger partial charge in [0.1, 0.15) is 21.8 Å². The lowest BCUT2D eigenvalue weighted by Gasteiger charge is -2.03. The van der Waals surface area contributed by atoms with Crippen LogP contribution in [0.15, 0.2) is 16.2 Å². The summed E-state index contributed by atoms with van der Waals surface area (Å²) in [4.78, 5) is 8.70. The molecule has 2 aromatic heterocycles. The molecule has 3 rings (SSSR count). The maximum Gasteiger partial charge on any atom is 0.216 e. The molecular weight excluding hydrogens is 272 g/mol. The molecule has 8 heteroatoms. The summed E-state index contributed by atoms with van der Waals surface area (Å²) in [6, 6.07) is 1.71. The number of nitrogen functional groups attached to an aromatic ring is 1. The molecule has 0 amide bonds. The molecule has 0 unspecified atom stereocenters. The molecule has 0 spiro atoms. The molecule has 1 saturated carbocycles. The summed E-state index contributed by atoms with van der Waals surface area (Å²) >= 11 is 7.33. The van der Waals surface area contributed by atoms with Crippen LogP contribution in [0.5, 0.6) is 0 Å². The molecule has 2 N–H and O–H groups in total. The van der Waals surface area contributed by atoms with Crippen LogP contribution in [0.2, 0.25) is 5.15 Å². The van der Waals surface area contributed by atoms with Crippen LogP contribution in [-0.4, -0.2) is 24.8 Å². The molecule has 0 bridgehead atoms. The molecule has 1 fully saturated rings. The van der Waals surface area contributed by atoms with E-state index >= 15 is 0 Å². The van der Waals surface area contributed by atoms with Gasteiger partial charge in [0.25, 0.3) is 0 Å². The molecule has 0 saturated heterocycles. The average molecular weight is 283 g/mol. The van der Waals surface area contributed by atoms with Crippen molar-refractivity contribution in [3.8, 4) is 0 Å². The highest BCUT2D eigenvalue weighted by Gasteiger charge is 2.27. The van der Waals surface area contributed by atoms with E-state index < -0.39 is 0 Å². The van der Waals surface area contributed by atoms with Gasteiger partial charge in [-0.2, -0.15) is 0 Å². The molecule has 1 aliphatic rings. The first kappa shape index (κ1) is 11.7. The first-order valence-corrected chi connectivity index (χ1v) is 6.72. The van der Waals surface area contributed by atoms with Crippen molar-refractivity contribution in [2.75, 3.05) is 5.84 Å². The lowest BCUT2D eigenvalue weighted by atomic mass is 10.4. The minimum atomic E-state index is 0.453. The molecule has 94 valence electrons. The van der Waals surface area contributed by atoms with E-state index in [-0.39, 0.29) is 0 Å². The van der Waals surface area contributed by atoms with Crippen molar-refractivity contribution in [1.29, 1.82) is 0 Å².